The minimum Gasteiger partial charge on any atom is -0.394 e. The molecule has 0 spiro atoms. The van der Waals surface area contributed by atoms with Gasteiger partial charge in [0.05, 0.1) is 82.6 Å². The third-order valence-corrected chi connectivity index (χ3v) is 19.3. The van der Waals surface area contributed by atoms with E-state index in [-0.39, 0.29) is 11.1 Å². The number of aliphatic hydroxyl groups is 27. The highest BCUT2D eigenvalue weighted by Gasteiger charge is 2.59. The second-order valence-corrected chi connectivity index (χ2v) is 25.6. The lowest BCUT2D eigenvalue weighted by Crippen LogP contribution is -2.69. The zero-order valence-corrected chi connectivity index (χ0v) is 52.3. The van der Waals surface area contributed by atoms with Gasteiger partial charge in [0.15, 0.2) is 44.0 Å². The molecule has 7 saturated heterocycles. The molecule has 42 heteroatoms. The van der Waals surface area contributed by atoms with E-state index in [1.165, 1.54) is 19.9 Å². The summed E-state index contributed by atoms with van der Waals surface area (Å²) >= 11 is 0. The first-order chi connectivity index (χ1) is 46.4. The highest BCUT2D eigenvalue weighted by molar-refractivity contribution is 5.24. The van der Waals surface area contributed by atoms with E-state index in [0.29, 0.717) is 0 Å². The van der Waals surface area contributed by atoms with Gasteiger partial charge in [0.2, 0.25) is 0 Å². The largest absolute Gasteiger partial charge is 0.394 e. The van der Waals surface area contributed by atoms with Crippen molar-refractivity contribution in [3.63, 3.8) is 0 Å². The second kappa shape index (κ2) is 33.9. The van der Waals surface area contributed by atoms with Crippen molar-refractivity contribution in [3.8, 4) is 0 Å². The number of nitrogens with one attached hydrogen (secondary N) is 2. The van der Waals surface area contributed by atoms with E-state index in [2.05, 4.69) is 10.6 Å². The van der Waals surface area contributed by atoms with Crippen molar-refractivity contribution in [3.05, 3.63) is 23.3 Å². The van der Waals surface area contributed by atoms with Crippen LogP contribution in [0.5, 0.6) is 0 Å². The lowest BCUT2D eigenvalue weighted by Gasteiger charge is -2.49. The summed E-state index contributed by atoms with van der Waals surface area (Å²) in [7, 11) is 0. The number of aliphatic hydroxyl groups excluding tert-OH is 27. The van der Waals surface area contributed by atoms with Crippen LogP contribution in [-0.2, 0) is 61.6 Å². The molecular formula is C56H94N2O40. The molecule has 568 valence electrons. The van der Waals surface area contributed by atoms with Gasteiger partial charge in [0.1, 0.15) is 183 Å². The highest BCUT2D eigenvalue weighted by atomic mass is 16.8. The van der Waals surface area contributed by atoms with E-state index in [0.717, 1.165) is 6.08 Å². The van der Waals surface area contributed by atoms with Crippen LogP contribution in [0.25, 0.3) is 0 Å². The molecule has 0 amide bonds. The van der Waals surface area contributed by atoms with Gasteiger partial charge in [-0.1, -0.05) is 12.2 Å². The maximum absolute atomic E-state index is 11.5. The number of hydrogen-bond acceptors (Lipinski definition) is 42. The van der Waals surface area contributed by atoms with E-state index in [4.69, 9.17) is 61.6 Å². The first-order valence-electron chi connectivity index (χ1n) is 31.7. The molecule has 0 bridgehead atoms. The lowest BCUT2D eigenvalue weighted by molar-refractivity contribution is -0.399. The van der Waals surface area contributed by atoms with Gasteiger partial charge < -0.3 is 210 Å². The fraction of sp³-hybridized carbons (Fsp3) is 0.929. The SMILES string of the molecule is C[C@H]1O[C@H](O[C@@H]2[C@H](O)[C@H](O)[C@@H](O[C@@H]3[C@H](O)[C@@H](O)[C@@H](O[C@@H]4[C@H](O)[C@H](O)[C@@H](O[C@H]5O[C@@H](CO)[C@H](O)[C@H](O)[C@H]5O)O[C@@H]4CO)O[C@@H]3CO)O[C@H]2CO)[C@H](O)[C@@H](O)[C@@H]1N[C@H]1C=C(CO)[C@@H](O[C@H]2O[C@H](CO)[C@H](O[C@H]3O[C@H](C)[C@@H](N[C@H]4C=C(CO)[C@@H](O)[C@H](O)[C@H]4O)[C@H](O)[C@H]3O)[C@H](O)[C@H]2O)[C@H](O)[C@H]1O. The Morgan fingerprint density at radius 3 is 0.918 bits per heavy atom. The molecule has 0 radical (unpaired) electrons. The molecule has 98 heavy (non-hydrogen) atoms. The van der Waals surface area contributed by atoms with Gasteiger partial charge in [-0.3, -0.25) is 0 Å². The number of ether oxygens (including phenoxy) is 13. The Hall–Kier alpha value is -2.20. The molecule has 0 aromatic rings. The number of rotatable bonds is 23. The summed E-state index contributed by atoms with van der Waals surface area (Å²) in [5.41, 5.74) is -0.226. The molecule has 0 saturated carbocycles. The molecule has 0 aromatic carbocycles. The summed E-state index contributed by atoms with van der Waals surface area (Å²) in [5.74, 6) is 0. The van der Waals surface area contributed by atoms with Crippen molar-refractivity contribution < 1.29 is 199 Å². The third kappa shape index (κ3) is 16.1. The van der Waals surface area contributed by atoms with Crippen molar-refractivity contribution in [2.75, 3.05) is 46.2 Å². The molecule has 43 atom stereocenters. The van der Waals surface area contributed by atoms with Gasteiger partial charge in [0.25, 0.3) is 0 Å². The quantitative estimate of drug-likeness (QED) is 0.0422. The van der Waals surface area contributed by atoms with Gasteiger partial charge in [-0.2, -0.15) is 0 Å². The van der Waals surface area contributed by atoms with E-state index in [1.807, 2.05) is 0 Å². The maximum atomic E-state index is 11.5. The van der Waals surface area contributed by atoms with Crippen LogP contribution >= 0.6 is 0 Å². The predicted molar refractivity (Wildman–Crippen MR) is 305 cm³/mol. The van der Waals surface area contributed by atoms with Crippen LogP contribution in [0.4, 0.5) is 0 Å². The molecule has 2 aliphatic carbocycles. The van der Waals surface area contributed by atoms with Crippen LogP contribution in [0.15, 0.2) is 23.3 Å². The first kappa shape index (κ1) is 79.9. The van der Waals surface area contributed by atoms with Crippen LogP contribution in [0.2, 0.25) is 0 Å². The Balaban J connectivity index is 0.770. The van der Waals surface area contributed by atoms with Crippen molar-refractivity contribution in [1.82, 2.24) is 10.6 Å². The van der Waals surface area contributed by atoms with E-state index in [1.54, 1.807) is 0 Å². The van der Waals surface area contributed by atoms with Crippen molar-refractivity contribution in [2.45, 2.75) is 277 Å². The van der Waals surface area contributed by atoms with Crippen LogP contribution in [0.3, 0.4) is 0 Å². The average Bonchev–Trinajstić information content (AvgIpc) is 0.778. The van der Waals surface area contributed by atoms with Gasteiger partial charge in [-0.25, -0.2) is 0 Å². The highest BCUT2D eigenvalue weighted by Crippen LogP contribution is 2.38. The standard InChI is InChI=1S/C56H94N2O40/c1-12-23(57-16-3-14(5-59)25(66)31(72)26(16)67)29(70)38(79)50(86-12)94-46-19(8-62)89-52(41(82)34(46)75)93-45-15(6-60)4-17(27(68)33(45)74)58-24-13(2)87-51(39(80)30(24)71)95-47-20(9-63)90-53(42(83)35(47)76)96-48-21(10-64)91-54(43(84)36(48)77)97-49-22(11-65)92-56(44(85)37(49)78)98-55-40(81)32(73)28(69)18(7-61)88-55/h3-4,12-13,16-85H,5-11H2,1-2H3/t12-,13-,16+,17+,18+,19-,20+,21-,22-,23-,24-,25-,26+,27+,28+,29+,30+,31+,32+,33-,34-,35-,36-,37-,38-,39-,40-,41-,42+,43-,44+,45-,46+,47+,48+,49+,50-,51-,52-,53-,54-,55-,56-/m1/s1. The Labute approximate surface area is 555 Å². The first-order valence-corrected chi connectivity index (χ1v) is 31.7. The zero-order chi connectivity index (χ0) is 72.0. The van der Waals surface area contributed by atoms with Gasteiger partial charge >= 0.3 is 0 Å². The van der Waals surface area contributed by atoms with Gasteiger partial charge in [-0.15, -0.1) is 0 Å². The summed E-state index contributed by atoms with van der Waals surface area (Å²) in [6.07, 6.45) is -70.0. The van der Waals surface area contributed by atoms with Crippen molar-refractivity contribution >= 4 is 0 Å². The molecule has 0 aromatic heterocycles. The van der Waals surface area contributed by atoms with Crippen LogP contribution < -0.4 is 10.6 Å². The zero-order valence-electron chi connectivity index (χ0n) is 52.3. The van der Waals surface area contributed by atoms with Crippen molar-refractivity contribution in [1.29, 1.82) is 0 Å². The molecule has 7 aliphatic heterocycles. The summed E-state index contributed by atoms with van der Waals surface area (Å²) < 4.78 is 73.8. The normalized spacial score (nSPS) is 52.9. The minimum atomic E-state index is -2.20. The molecule has 42 nitrogen and oxygen atoms in total. The van der Waals surface area contributed by atoms with E-state index < -0.39 is 310 Å². The summed E-state index contributed by atoms with van der Waals surface area (Å²) in [6, 6.07) is -5.16. The van der Waals surface area contributed by atoms with E-state index in [9.17, 15) is 138 Å². The fourth-order valence-electron chi connectivity index (χ4n) is 13.4. The molecule has 0 unspecified atom stereocenters. The van der Waals surface area contributed by atoms with Crippen LogP contribution in [0, 0.1) is 0 Å². The van der Waals surface area contributed by atoms with Gasteiger partial charge in [-0.05, 0) is 25.0 Å². The Kier molecular flexibility index (Phi) is 27.7. The maximum Gasteiger partial charge on any atom is 0.189 e. The van der Waals surface area contributed by atoms with Crippen LogP contribution in [0.1, 0.15) is 13.8 Å². The second-order valence-electron chi connectivity index (χ2n) is 25.6. The molecular weight excluding hydrogens is 1340 g/mol. The molecule has 29 N–H and O–H groups in total. The average molecular weight is 1440 g/mol. The molecule has 9 aliphatic rings. The smallest absolute Gasteiger partial charge is 0.189 e. The van der Waals surface area contributed by atoms with Crippen molar-refractivity contribution in [2.24, 2.45) is 0 Å². The minimum absolute atomic E-state index is 0.0375. The summed E-state index contributed by atoms with van der Waals surface area (Å²) in [5, 5.41) is 297. The Morgan fingerprint density at radius 1 is 0.286 bits per heavy atom. The summed E-state index contributed by atoms with van der Waals surface area (Å²) in [4.78, 5) is 0. The lowest BCUT2D eigenvalue weighted by atomic mass is 9.86. The molecule has 7 fully saturated rings. The summed E-state index contributed by atoms with van der Waals surface area (Å²) in [6.45, 7) is -3.71. The predicted octanol–water partition coefficient (Wildman–Crippen LogP) is -18.3. The third-order valence-electron chi connectivity index (χ3n) is 19.3. The van der Waals surface area contributed by atoms with E-state index >= 15 is 0 Å². The molecule has 9 rings (SSSR count). The topological polar surface area (TPSA) is 690 Å². The van der Waals surface area contributed by atoms with Gasteiger partial charge in [0, 0.05) is 0 Å². The Morgan fingerprint density at radius 2 is 0.571 bits per heavy atom. The monoisotopic (exact) mass is 1430 g/mol. The van der Waals surface area contributed by atoms with Crippen LogP contribution in [-0.4, -0.2) is 448 Å². The fourth-order valence-corrected chi connectivity index (χ4v) is 13.4. The number of hydrogen-bond donors (Lipinski definition) is 29. The molecule has 7 heterocycles. The Bertz CT molecular complexity index is 2550.